The van der Waals surface area contributed by atoms with E-state index in [9.17, 15) is 9.18 Å². The maximum atomic E-state index is 13.0. The van der Waals surface area contributed by atoms with Crippen molar-refractivity contribution in [2.75, 3.05) is 5.32 Å². The summed E-state index contributed by atoms with van der Waals surface area (Å²) in [6.45, 7) is 3.84. The molecule has 0 saturated carbocycles. The maximum absolute atomic E-state index is 13.0. The fourth-order valence-electron chi connectivity index (χ4n) is 2.52. The van der Waals surface area contributed by atoms with Crippen molar-refractivity contribution < 1.29 is 13.9 Å². The van der Waals surface area contributed by atoms with Gasteiger partial charge in [-0.2, -0.15) is 0 Å². The first-order valence-corrected chi connectivity index (χ1v) is 8.36. The summed E-state index contributed by atoms with van der Waals surface area (Å²) >= 11 is 0. The number of hydrogen-bond donors (Lipinski definition) is 1. The standard InChI is InChI=1S/C21H19FN2O2/c1-3-16-9-12-20(14(2)23-16)21(25)24-17-5-4-6-19(13-17)26-18-10-7-15(22)8-11-18/h4-13H,3H2,1-2H3,(H,24,25). The second kappa shape index (κ2) is 7.78. The molecule has 0 bridgehead atoms. The van der Waals surface area contributed by atoms with Gasteiger partial charge in [-0.05, 0) is 61.9 Å². The lowest BCUT2D eigenvalue weighted by Crippen LogP contribution is -2.14. The predicted molar refractivity (Wildman–Crippen MR) is 99.2 cm³/mol. The van der Waals surface area contributed by atoms with Crippen LogP contribution in [0.15, 0.2) is 60.7 Å². The number of pyridine rings is 1. The largest absolute Gasteiger partial charge is 0.457 e. The molecule has 0 atom stereocenters. The van der Waals surface area contributed by atoms with E-state index in [-0.39, 0.29) is 11.7 Å². The average molecular weight is 350 g/mol. The zero-order chi connectivity index (χ0) is 18.5. The Labute approximate surface area is 151 Å². The molecule has 0 aliphatic heterocycles. The van der Waals surface area contributed by atoms with Crippen molar-refractivity contribution in [3.8, 4) is 11.5 Å². The van der Waals surface area contributed by atoms with Gasteiger partial charge in [0.2, 0.25) is 0 Å². The van der Waals surface area contributed by atoms with Crippen molar-refractivity contribution in [1.82, 2.24) is 4.98 Å². The number of hydrogen-bond acceptors (Lipinski definition) is 3. The summed E-state index contributed by atoms with van der Waals surface area (Å²) in [5, 5.41) is 2.85. The number of carbonyl (C=O) groups is 1. The molecule has 3 aromatic rings. The third kappa shape index (κ3) is 4.25. The number of amides is 1. The average Bonchev–Trinajstić information content (AvgIpc) is 2.63. The lowest BCUT2D eigenvalue weighted by Gasteiger charge is -2.10. The molecular weight excluding hydrogens is 331 g/mol. The van der Waals surface area contributed by atoms with Gasteiger partial charge in [0.1, 0.15) is 17.3 Å². The Bertz CT molecular complexity index is 924. The minimum Gasteiger partial charge on any atom is -0.457 e. The molecule has 0 saturated heterocycles. The first kappa shape index (κ1) is 17.6. The van der Waals surface area contributed by atoms with Gasteiger partial charge in [0.05, 0.1) is 11.3 Å². The highest BCUT2D eigenvalue weighted by Crippen LogP contribution is 2.24. The van der Waals surface area contributed by atoms with Crippen LogP contribution in [0.2, 0.25) is 0 Å². The molecule has 0 unspecified atom stereocenters. The van der Waals surface area contributed by atoms with Crippen LogP contribution < -0.4 is 10.1 Å². The van der Waals surface area contributed by atoms with Gasteiger partial charge >= 0.3 is 0 Å². The first-order valence-electron chi connectivity index (χ1n) is 8.36. The van der Waals surface area contributed by atoms with Gasteiger partial charge < -0.3 is 10.1 Å². The van der Waals surface area contributed by atoms with E-state index in [1.165, 1.54) is 12.1 Å². The molecule has 5 heteroatoms. The number of benzene rings is 2. The van der Waals surface area contributed by atoms with Crippen molar-refractivity contribution in [3.05, 3.63) is 83.4 Å². The monoisotopic (exact) mass is 350 g/mol. The van der Waals surface area contributed by atoms with Gasteiger partial charge in [-0.25, -0.2) is 4.39 Å². The summed E-state index contributed by atoms with van der Waals surface area (Å²) in [6, 6.07) is 16.4. The van der Waals surface area contributed by atoms with Crippen molar-refractivity contribution in [1.29, 1.82) is 0 Å². The van der Waals surface area contributed by atoms with Gasteiger partial charge in [-0.15, -0.1) is 0 Å². The van der Waals surface area contributed by atoms with Gasteiger partial charge in [0.25, 0.3) is 5.91 Å². The van der Waals surface area contributed by atoms with E-state index in [1.54, 1.807) is 42.5 Å². The number of nitrogens with one attached hydrogen (secondary N) is 1. The van der Waals surface area contributed by atoms with Crippen LogP contribution in [-0.4, -0.2) is 10.9 Å². The Morgan fingerprint density at radius 3 is 2.54 bits per heavy atom. The topological polar surface area (TPSA) is 51.2 Å². The van der Waals surface area contributed by atoms with Crippen molar-refractivity contribution in [3.63, 3.8) is 0 Å². The van der Waals surface area contributed by atoms with Gasteiger partial charge in [0.15, 0.2) is 0 Å². The summed E-state index contributed by atoms with van der Waals surface area (Å²) in [5.74, 6) is 0.517. The number of halogens is 1. The van der Waals surface area contributed by atoms with Crippen LogP contribution >= 0.6 is 0 Å². The van der Waals surface area contributed by atoms with E-state index in [2.05, 4.69) is 10.3 Å². The molecule has 2 aromatic carbocycles. The molecule has 0 radical (unpaired) electrons. The first-order chi connectivity index (χ1) is 12.5. The predicted octanol–water partition coefficient (Wildman–Crippen LogP) is 5.14. The normalized spacial score (nSPS) is 10.4. The molecule has 1 heterocycles. The third-order valence-corrected chi connectivity index (χ3v) is 3.89. The Kier molecular flexibility index (Phi) is 5.27. The molecule has 4 nitrogen and oxygen atoms in total. The van der Waals surface area contributed by atoms with Crippen LogP contribution in [0.25, 0.3) is 0 Å². The molecule has 1 amide bonds. The lowest BCUT2D eigenvalue weighted by atomic mass is 10.1. The van der Waals surface area contributed by atoms with Crippen LogP contribution in [0.1, 0.15) is 28.7 Å². The molecule has 0 spiro atoms. The highest BCUT2D eigenvalue weighted by molar-refractivity contribution is 6.05. The van der Waals surface area contributed by atoms with Gasteiger partial charge in [-0.1, -0.05) is 13.0 Å². The number of aryl methyl sites for hydroxylation is 2. The number of ether oxygens (including phenoxy) is 1. The van der Waals surface area contributed by atoms with E-state index in [0.717, 1.165) is 12.1 Å². The maximum Gasteiger partial charge on any atom is 0.257 e. The Balaban J connectivity index is 1.74. The van der Waals surface area contributed by atoms with Crippen LogP contribution in [-0.2, 0) is 6.42 Å². The fourth-order valence-corrected chi connectivity index (χ4v) is 2.52. The molecule has 3 rings (SSSR count). The second-order valence-electron chi connectivity index (χ2n) is 5.83. The van der Waals surface area contributed by atoms with E-state index in [4.69, 9.17) is 4.74 Å². The SMILES string of the molecule is CCc1ccc(C(=O)Nc2cccc(Oc3ccc(F)cc3)c2)c(C)n1. The van der Waals surface area contributed by atoms with Crippen LogP contribution in [0, 0.1) is 12.7 Å². The van der Waals surface area contributed by atoms with E-state index in [0.29, 0.717) is 28.4 Å². The van der Waals surface area contributed by atoms with Crippen LogP contribution in [0.4, 0.5) is 10.1 Å². The summed E-state index contributed by atoms with van der Waals surface area (Å²) in [5.41, 5.74) is 2.79. The molecule has 0 fully saturated rings. The second-order valence-corrected chi connectivity index (χ2v) is 5.83. The van der Waals surface area contributed by atoms with Gasteiger partial charge in [0, 0.05) is 17.4 Å². The summed E-state index contributed by atoms with van der Waals surface area (Å²) in [7, 11) is 0. The van der Waals surface area contributed by atoms with Crippen LogP contribution in [0.3, 0.4) is 0 Å². The smallest absolute Gasteiger partial charge is 0.257 e. The summed E-state index contributed by atoms with van der Waals surface area (Å²) < 4.78 is 18.7. The van der Waals surface area contributed by atoms with E-state index < -0.39 is 0 Å². The van der Waals surface area contributed by atoms with E-state index in [1.807, 2.05) is 19.9 Å². The quantitative estimate of drug-likeness (QED) is 0.693. The third-order valence-electron chi connectivity index (χ3n) is 3.89. The Hall–Kier alpha value is -3.21. The lowest BCUT2D eigenvalue weighted by molar-refractivity contribution is 0.102. The van der Waals surface area contributed by atoms with Gasteiger partial charge in [-0.3, -0.25) is 9.78 Å². The minimum absolute atomic E-state index is 0.225. The van der Waals surface area contributed by atoms with E-state index >= 15 is 0 Å². The number of aromatic nitrogens is 1. The molecule has 1 N–H and O–H groups in total. The number of rotatable bonds is 5. The molecular formula is C21H19FN2O2. The zero-order valence-corrected chi connectivity index (χ0v) is 14.6. The fraction of sp³-hybridized carbons (Fsp3) is 0.143. The Morgan fingerprint density at radius 1 is 1.08 bits per heavy atom. The molecule has 26 heavy (non-hydrogen) atoms. The molecule has 132 valence electrons. The molecule has 0 aliphatic carbocycles. The Morgan fingerprint density at radius 2 is 1.85 bits per heavy atom. The highest BCUT2D eigenvalue weighted by Gasteiger charge is 2.11. The van der Waals surface area contributed by atoms with Crippen molar-refractivity contribution in [2.45, 2.75) is 20.3 Å². The minimum atomic E-state index is -0.323. The number of carbonyl (C=O) groups excluding carboxylic acids is 1. The summed E-state index contributed by atoms with van der Waals surface area (Å²) in [6.07, 6.45) is 0.825. The van der Waals surface area contributed by atoms with Crippen molar-refractivity contribution in [2.24, 2.45) is 0 Å². The zero-order valence-electron chi connectivity index (χ0n) is 14.6. The van der Waals surface area contributed by atoms with Crippen LogP contribution in [0.5, 0.6) is 11.5 Å². The molecule has 0 aliphatic rings. The number of nitrogens with zero attached hydrogens (tertiary/aromatic N) is 1. The summed E-state index contributed by atoms with van der Waals surface area (Å²) in [4.78, 5) is 16.9. The number of anilines is 1. The van der Waals surface area contributed by atoms with Crippen molar-refractivity contribution >= 4 is 11.6 Å². The molecule has 1 aromatic heterocycles. The highest BCUT2D eigenvalue weighted by atomic mass is 19.1.